The lowest BCUT2D eigenvalue weighted by molar-refractivity contribution is -0.143. The van der Waals surface area contributed by atoms with E-state index in [1.807, 2.05) is 18.2 Å². The molecule has 0 atom stereocenters. The van der Waals surface area contributed by atoms with E-state index in [-0.39, 0.29) is 18.1 Å². The number of rotatable bonds is 7. The van der Waals surface area contributed by atoms with Gasteiger partial charge in [-0.15, -0.1) is 10.2 Å². The third-order valence-electron chi connectivity index (χ3n) is 6.30. The van der Waals surface area contributed by atoms with Crippen molar-refractivity contribution in [1.82, 2.24) is 25.3 Å². The number of fused-ring (bicyclic) bond motifs is 1. The zero-order chi connectivity index (χ0) is 26.1. The summed E-state index contributed by atoms with van der Waals surface area (Å²) in [4.78, 5) is 38.1. The lowest BCUT2D eigenvalue weighted by atomic mass is 9.96. The maximum absolute atomic E-state index is 13.3. The van der Waals surface area contributed by atoms with E-state index in [4.69, 9.17) is 11.6 Å². The molecule has 3 heterocycles. The highest BCUT2D eigenvalue weighted by Crippen LogP contribution is 2.35. The van der Waals surface area contributed by atoms with Gasteiger partial charge in [0.25, 0.3) is 5.91 Å². The fraction of sp³-hybridized carbons (Fsp3) is 0.280. The summed E-state index contributed by atoms with van der Waals surface area (Å²) in [6.45, 7) is 2.24. The van der Waals surface area contributed by atoms with Crippen LogP contribution in [0.4, 0.5) is 10.8 Å². The molecular formula is C25H23ClN6O4S. The quantitative estimate of drug-likeness (QED) is 0.311. The second-order valence-electron chi connectivity index (χ2n) is 9.00. The SMILES string of the molecule is CC(=O)Cc1cc(C(=O)N2CCC(C(=O)O)CC2)cc(-c2nnc(Nc3ccc4[nH]ncc4c3Cl)s2)c1. The number of H-pyrrole nitrogens is 1. The topological polar surface area (TPSA) is 141 Å². The fourth-order valence-electron chi connectivity index (χ4n) is 4.43. The van der Waals surface area contributed by atoms with Crippen LogP contribution >= 0.6 is 22.9 Å². The predicted molar refractivity (Wildman–Crippen MR) is 140 cm³/mol. The molecule has 1 saturated heterocycles. The minimum atomic E-state index is -0.829. The van der Waals surface area contributed by atoms with Gasteiger partial charge in [-0.2, -0.15) is 5.10 Å². The van der Waals surface area contributed by atoms with E-state index >= 15 is 0 Å². The number of aromatic nitrogens is 4. The first kappa shape index (κ1) is 24.8. The smallest absolute Gasteiger partial charge is 0.306 e. The molecule has 1 amide bonds. The summed E-state index contributed by atoms with van der Waals surface area (Å²) >= 11 is 7.80. The minimum Gasteiger partial charge on any atom is -0.481 e. The van der Waals surface area contributed by atoms with E-state index < -0.39 is 11.9 Å². The number of anilines is 2. The molecule has 5 rings (SSSR count). The number of hydrogen-bond donors (Lipinski definition) is 3. The number of nitrogens with zero attached hydrogens (tertiary/aromatic N) is 4. The van der Waals surface area contributed by atoms with Crippen molar-refractivity contribution >= 4 is 62.3 Å². The minimum absolute atomic E-state index is 0.0262. The van der Waals surface area contributed by atoms with E-state index in [1.165, 1.54) is 18.3 Å². The molecule has 2 aromatic heterocycles. The Bertz CT molecular complexity index is 1510. The number of aliphatic carboxylic acids is 1. The second-order valence-corrected chi connectivity index (χ2v) is 10.4. The van der Waals surface area contributed by atoms with Gasteiger partial charge in [-0.3, -0.25) is 19.5 Å². The Kier molecular flexibility index (Phi) is 6.90. The summed E-state index contributed by atoms with van der Waals surface area (Å²) < 4.78 is 0. The molecule has 190 valence electrons. The van der Waals surface area contributed by atoms with Crippen molar-refractivity contribution in [2.45, 2.75) is 26.2 Å². The summed E-state index contributed by atoms with van der Waals surface area (Å²) in [7, 11) is 0. The number of carbonyl (C=O) groups is 3. The molecular weight excluding hydrogens is 516 g/mol. The lowest BCUT2D eigenvalue weighted by Gasteiger charge is -2.30. The van der Waals surface area contributed by atoms with Crippen LogP contribution in [0.25, 0.3) is 21.5 Å². The van der Waals surface area contributed by atoms with Crippen LogP contribution in [-0.4, -0.2) is 61.2 Å². The van der Waals surface area contributed by atoms with Gasteiger partial charge in [0.05, 0.1) is 28.3 Å². The normalized spacial score (nSPS) is 14.2. The number of aromatic amines is 1. The van der Waals surface area contributed by atoms with E-state index in [2.05, 4.69) is 25.7 Å². The molecule has 0 saturated carbocycles. The molecule has 0 unspecified atom stereocenters. The summed E-state index contributed by atoms with van der Waals surface area (Å²) in [5.74, 6) is -1.48. The number of piperidine rings is 1. The van der Waals surface area contributed by atoms with Gasteiger partial charge in [0.2, 0.25) is 5.13 Å². The third kappa shape index (κ3) is 5.32. The summed E-state index contributed by atoms with van der Waals surface area (Å²) in [6, 6.07) is 8.98. The third-order valence-corrected chi connectivity index (χ3v) is 7.59. The van der Waals surface area contributed by atoms with E-state index in [0.29, 0.717) is 63.5 Å². The van der Waals surface area contributed by atoms with Crippen molar-refractivity contribution in [2.24, 2.45) is 5.92 Å². The van der Waals surface area contributed by atoms with Gasteiger partial charge in [0.15, 0.2) is 0 Å². The zero-order valence-electron chi connectivity index (χ0n) is 19.8. The van der Waals surface area contributed by atoms with Gasteiger partial charge in [0.1, 0.15) is 10.8 Å². The predicted octanol–water partition coefficient (Wildman–Crippen LogP) is 4.55. The highest BCUT2D eigenvalue weighted by atomic mass is 35.5. The summed E-state index contributed by atoms with van der Waals surface area (Å²) in [5.41, 5.74) is 3.28. The number of nitrogens with one attached hydrogen (secondary N) is 2. The first-order valence-electron chi connectivity index (χ1n) is 11.7. The molecule has 1 aliphatic heterocycles. The highest BCUT2D eigenvalue weighted by Gasteiger charge is 2.28. The van der Waals surface area contributed by atoms with Crippen LogP contribution in [-0.2, 0) is 16.0 Å². The van der Waals surface area contributed by atoms with Gasteiger partial charge in [0, 0.05) is 36.0 Å². The summed E-state index contributed by atoms with van der Waals surface area (Å²) in [6.07, 6.45) is 2.66. The molecule has 37 heavy (non-hydrogen) atoms. The number of carbonyl (C=O) groups excluding carboxylic acids is 2. The van der Waals surface area contributed by atoms with Crippen LogP contribution in [0.5, 0.6) is 0 Å². The largest absolute Gasteiger partial charge is 0.481 e. The zero-order valence-corrected chi connectivity index (χ0v) is 21.4. The fourth-order valence-corrected chi connectivity index (χ4v) is 5.43. The van der Waals surface area contributed by atoms with Crippen molar-refractivity contribution in [3.05, 3.63) is 52.7 Å². The highest BCUT2D eigenvalue weighted by molar-refractivity contribution is 7.18. The van der Waals surface area contributed by atoms with Gasteiger partial charge in [-0.25, -0.2) is 0 Å². The van der Waals surface area contributed by atoms with Crippen molar-refractivity contribution in [3.8, 4) is 10.6 Å². The number of Topliss-reactive ketones (excluding diaryl/α,β-unsaturated/α-hetero) is 1. The monoisotopic (exact) mass is 538 g/mol. The van der Waals surface area contributed by atoms with Crippen molar-refractivity contribution < 1.29 is 19.5 Å². The molecule has 1 fully saturated rings. The van der Waals surface area contributed by atoms with Crippen molar-refractivity contribution in [3.63, 3.8) is 0 Å². The Balaban J connectivity index is 1.41. The number of carboxylic acid groups (broad SMARTS) is 1. The average molecular weight is 539 g/mol. The first-order chi connectivity index (χ1) is 17.8. The Hall–Kier alpha value is -3.83. The molecule has 3 N–H and O–H groups in total. The maximum atomic E-state index is 13.3. The van der Waals surface area contributed by atoms with Crippen LogP contribution in [0.3, 0.4) is 0 Å². The molecule has 0 spiro atoms. The van der Waals surface area contributed by atoms with E-state index in [1.54, 1.807) is 23.2 Å². The molecule has 0 bridgehead atoms. The Labute approximate surface area is 220 Å². The van der Waals surface area contributed by atoms with Gasteiger partial charge < -0.3 is 15.3 Å². The van der Waals surface area contributed by atoms with Crippen molar-refractivity contribution in [1.29, 1.82) is 0 Å². The maximum Gasteiger partial charge on any atom is 0.306 e. The molecule has 4 aromatic rings. The second kappa shape index (κ2) is 10.3. The van der Waals surface area contributed by atoms with Gasteiger partial charge in [-0.1, -0.05) is 22.9 Å². The first-order valence-corrected chi connectivity index (χ1v) is 12.9. The van der Waals surface area contributed by atoms with Crippen LogP contribution in [0.2, 0.25) is 5.02 Å². The van der Waals surface area contributed by atoms with Crippen LogP contribution < -0.4 is 5.32 Å². The number of hydrogen-bond acceptors (Lipinski definition) is 8. The Morgan fingerprint density at radius 3 is 2.70 bits per heavy atom. The molecule has 12 heteroatoms. The van der Waals surface area contributed by atoms with E-state index in [0.717, 1.165) is 10.9 Å². The van der Waals surface area contributed by atoms with Crippen molar-refractivity contribution in [2.75, 3.05) is 18.4 Å². The number of ketones is 1. The number of likely N-dealkylation sites (tertiary alicyclic amines) is 1. The van der Waals surface area contributed by atoms with Crippen LogP contribution in [0.1, 0.15) is 35.7 Å². The molecule has 1 aliphatic rings. The standard InChI is InChI=1S/C25H23ClN6O4S/c1-13(33)8-14-9-16(11-17(10-14)23(34)32-6-4-15(5-7-32)24(35)36)22-30-31-25(37-22)28-20-3-2-19-18(21(20)26)12-27-29-19/h2-3,9-12,15H,4-8H2,1H3,(H,27,29)(H,28,31)(H,35,36). The number of carboxylic acids is 1. The number of amides is 1. The number of halogens is 1. The Morgan fingerprint density at radius 2 is 1.97 bits per heavy atom. The number of benzene rings is 2. The Morgan fingerprint density at radius 1 is 1.19 bits per heavy atom. The van der Waals surface area contributed by atoms with Gasteiger partial charge in [-0.05, 0) is 55.7 Å². The van der Waals surface area contributed by atoms with E-state index in [9.17, 15) is 19.5 Å². The summed E-state index contributed by atoms with van der Waals surface area (Å²) in [5, 5.41) is 30.2. The van der Waals surface area contributed by atoms with Crippen LogP contribution in [0.15, 0.2) is 36.5 Å². The molecule has 10 nitrogen and oxygen atoms in total. The van der Waals surface area contributed by atoms with Crippen LogP contribution in [0, 0.1) is 5.92 Å². The molecule has 2 aromatic carbocycles. The molecule has 0 aliphatic carbocycles. The average Bonchev–Trinajstić information content (AvgIpc) is 3.55. The lowest BCUT2D eigenvalue weighted by Crippen LogP contribution is -2.40. The molecule has 0 radical (unpaired) electrons. The van der Waals surface area contributed by atoms with Gasteiger partial charge >= 0.3 is 5.97 Å².